The van der Waals surface area contributed by atoms with E-state index in [0.717, 1.165) is 38.1 Å². The van der Waals surface area contributed by atoms with Gasteiger partial charge in [-0.05, 0) is 24.0 Å². The van der Waals surface area contributed by atoms with Gasteiger partial charge in [-0.1, -0.05) is 65.8 Å². The molecule has 1 saturated heterocycles. The van der Waals surface area contributed by atoms with Gasteiger partial charge in [-0.2, -0.15) is 0 Å². The molecule has 1 amide bonds. The van der Waals surface area contributed by atoms with Crippen molar-refractivity contribution in [1.29, 1.82) is 0 Å². The Labute approximate surface area is 154 Å². The fraction of sp³-hybridized carbons (Fsp3) is 0.364. The maximum absolute atomic E-state index is 12.9. The topological polar surface area (TPSA) is 41.9 Å². The average Bonchev–Trinajstić information content (AvgIpc) is 3.17. The lowest BCUT2D eigenvalue weighted by Crippen LogP contribution is -2.44. The molecule has 0 aliphatic carbocycles. The summed E-state index contributed by atoms with van der Waals surface area (Å²) in [5.74, 6) is 0.498. The highest BCUT2D eigenvalue weighted by Gasteiger charge is 2.34. The van der Waals surface area contributed by atoms with Gasteiger partial charge in [-0.25, -0.2) is 0 Å². The molecule has 0 bridgehead atoms. The van der Waals surface area contributed by atoms with Crippen LogP contribution in [0.4, 0.5) is 0 Å². The van der Waals surface area contributed by atoms with E-state index in [2.05, 4.69) is 41.6 Å². The Morgan fingerprint density at radius 1 is 1.08 bits per heavy atom. The summed E-state index contributed by atoms with van der Waals surface area (Å²) in [7, 11) is 0. The summed E-state index contributed by atoms with van der Waals surface area (Å²) in [5, 5.41) is 4.17. The van der Waals surface area contributed by atoms with E-state index in [1.807, 2.05) is 29.2 Å². The van der Waals surface area contributed by atoms with E-state index in [-0.39, 0.29) is 5.91 Å². The molecule has 4 nitrogen and oxygen atoms in total. The number of carbonyl (C=O) groups excluding carboxylic acids is 1. The standard InChI is InChI=1S/C22H24N2O2/c25-22(21-15-20(23-26-21)14-17-8-3-1-4-9-17)24-13-7-12-19(16-24)18-10-5-2-6-11-18/h1-6,8-11,19,21H,7,12-16H2/t19-,21+/m0/s1. The van der Waals surface area contributed by atoms with E-state index < -0.39 is 6.10 Å². The number of carbonyl (C=O) groups is 1. The molecular weight excluding hydrogens is 324 g/mol. The maximum Gasteiger partial charge on any atom is 0.266 e. The third-order valence-electron chi connectivity index (χ3n) is 5.26. The minimum absolute atomic E-state index is 0.0810. The van der Waals surface area contributed by atoms with Crippen molar-refractivity contribution in [2.45, 2.75) is 37.7 Å². The number of oxime groups is 1. The summed E-state index contributed by atoms with van der Waals surface area (Å²) in [6.07, 6.45) is 3.06. The van der Waals surface area contributed by atoms with Crippen molar-refractivity contribution in [2.24, 2.45) is 5.16 Å². The smallest absolute Gasteiger partial charge is 0.266 e. The van der Waals surface area contributed by atoms with Crippen molar-refractivity contribution < 1.29 is 9.63 Å². The quantitative estimate of drug-likeness (QED) is 0.844. The number of hydrogen-bond donors (Lipinski definition) is 0. The van der Waals surface area contributed by atoms with Crippen LogP contribution < -0.4 is 0 Å². The van der Waals surface area contributed by atoms with E-state index in [1.165, 1.54) is 11.1 Å². The molecule has 2 aromatic carbocycles. The van der Waals surface area contributed by atoms with E-state index in [1.54, 1.807) is 0 Å². The van der Waals surface area contributed by atoms with Gasteiger partial charge in [0.1, 0.15) is 0 Å². The summed E-state index contributed by atoms with van der Waals surface area (Å²) >= 11 is 0. The number of benzene rings is 2. The van der Waals surface area contributed by atoms with Crippen LogP contribution in [0.3, 0.4) is 0 Å². The fourth-order valence-electron chi connectivity index (χ4n) is 3.87. The first-order chi connectivity index (χ1) is 12.8. The molecule has 0 unspecified atom stereocenters. The number of nitrogens with zero attached hydrogens (tertiary/aromatic N) is 2. The predicted molar refractivity (Wildman–Crippen MR) is 102 cm³/mol. The number of likely N-dealkylation sites (tertiary alicyclic amines) is 1. The van der Waals surface area contributed by atoms with Gasteiger partial charge < -0.3 is 9.74 Å². The Hall–Kier alpha value is -2.62. The third-order valence-corrected chi connectivity index (χ3v) is 5.26. The zero-order valence-corrected chi connectivity index (χ0v) is 14.9. The van der Waals surface area contributed by atoms with Crippen LogP contribution >= 0.6 is 0 Å². The monoisotopic (exact) mass is 348 g/mol. The minimum Gasteiger partial charge on any atom is -0.382 e. The predicted octanol–water partition coefficient (Wildman–Crippen LogP) is 3.78. The molecule has 1 fully saturated rings. The van der Waals surface area contributed by atoms with E-state index >= 15 is 0 Å². The van der Waals surface area contributed by atoms with Crippen LogP contribution in [0.1, 0.15) is 36.3 Å². The molecule has 0 aromatic heterocycles. The van der Waals surface area contributed by atoms with Gasteiger partial charge in [-0.15, -0.1) is 0 Å². The van der Waals surface area contributed by atoms with E-state index in [9.17, 15) is 4.79 Å². The van der Waals surface area contributed by atoms with E-state index in [4.69, 9.17) is 4.84 Å². The maximum atomic E-state index is 12.9. The van der Waals surface area contributed by atoms with Crippen molar-refractivity contribution in [3.63, 3.8) is 0 Å². The lowest BCUT2D eigenvalue weighted by molar-refractivity contribution is -0.143. The molecule has 0 saturated carbocycles. The Morgan fingerprint density at radius 2 is 1.81 bits per heavy atom. The van der Waals surface area contributed by atoms with Crippen molar-refractivity contribution in [3.05, 3.63) is 71.8 Å². The molecule has 0 spiro atoms. The zero-order valence-electron chi connectivity index (χ0n) is 14.9. The van der Waals surface area contributed by atoms with Crippen LogP contribution in [0.5, 0.6) is 0 Å². The highest BCUT2D eigenvalue weighted by atomic mass is 16.6. The van der Waals surface area contributed by atoms with Crippen molar-refractivity contribution >= 4 is 11.6 Å². The second kappa shape index (κ2) is 7.73. The molecule has 26 heavy (non-hydrogen) atoms. The molecule has 4 rings (SSSR count). The van der Waals surface area contributed by atoms with Crippen LogP contribution in [0.15, 0.2) is 65.8 Å². The SMILES string of the molecule is O=C([C@H]1CC(Cc2ccccc2)=NO1)N1CCC[C@H](c2ccccc2)C1. The summed E-state index contributed by atoms with van der Waals surface area (Å²) in [6.45, 7) is 1.59. The van der Waals surface area contributed by atoms with E-state index in [0.29, 0.717) is 12.3 Å². The number of rotatable bonds is 4. The van der Waals surface area contributed by atoms with Crippen LogP contribution in [-0.4, -0.2) is 35.7 Å². The molecule has 2 aliphatic heterocycles. The summed E-state index contributed by atoms with van der Waals surface area (Å²) in [5.41, 5.74) is 3.47. The molecule has 2 atom stereocenters. The molecular formula is C22H24N2O2. The van der Waals surface area contributed by atoms with Gasteiger partial charge >= 0.3 is 0 Å². The molecule has 2 aliphatic rings. The summed E-state index contributed by atoms with van der Waals surface area (Å²) in [4.78, 5) is 20.4. The molecule has 2 heterocycles. The minimum atomic E-state index is -0.455. The second-order valence-electron chi connectivity index (χ2n) is 7.15. The highest BCUT2D eigenvalue weighted by Crippen LogP contribution is 2.28. The van der Waals surface area contributed by atoms with Crippen LogP contribution in [0.25, 0.3) is 0 Å². The van der Waals surface area contributed by atoms with Crippen molar-refractivity contribution in [2.75, 3.05) is 13.1 Å². The first-order valence-electron chi connectivity index (χ1n) is 9.39. The Morgan fingerprint density at radius 3 is 2.58 bits per heavy atom. The molecule has 0 N–H and O–H groups in total. The van der Waals surface area contributed by atoms with Gasteiger partial charge in [0.2, 0.25) is 6.10 Å². The molecule has 0 radical (unpaired) electrons. The average molecular weight is 348 g/mol. The Kier molecular flexibility index (Phi) is 5.00. The Bertz CT molecular complexity index is 773. The van der Waals surface area contributed by atoms with Crippen LogP contribution in [0, 0.1) is 0 Å². The van der Waals surface area contributed by atoms with Gasteiger partial charge in [-0.3, -0.25) is 4.79 Å². The normalized spacial score (nSPS) is 22.6. The molecule has 4 heteroatoms. The highest BCUT2D eigenvalue weighted by molar-refractivity contribution is 5.94. The Balaban J connectivity index is 1.35. The zero-order chi connectivity index (χ0) is 17.8. The molecule has 134 valence electrons. The van der Waals surface area contributed by atoms with Crippen molar-refractivity contribution in [3.8, 4) is 0 Å². The van der Waals surface area contributed by atoms with Gasteiger partial charge in [0.05, 0.1) is 5.71 Å². The van der Waals surface area contributed by atoms with Crippen molar-refractivity contribution in [1.82, 2.24) is 4.90 Å². The number of hydrogen-bond acceptors (Lipinski definition) is 3. The first-order valence-corrected chi connectivity index (χ1v) is 9.39. The second-order valence-corrected chi connectivity index (χ2v) is 7.15. The lowest BCUT2D eigenvalue weighted by Gasteiger charge is -2.34. The van der Waals surface area contributed by atoms with Gasteiger partial charge in [0, 0.05) is 31.8 Å². The van der Waals surface area contributed by atoms with Gasteiger partial charge in [0.25, 0.3) is 5.91 Å². The van der Waals surface area contributed by atoms with Crippen LogP contribution in [0.2, 0.25) is 0 Å². The summed E-state index contributed by atoms with van der Waals surface area (Å²) < 4.78 is 0. The van der Waals surface area contributed by atoms with Gasteiger partial charge in [0.15, 0.2) is 0 Å². The lowest BCUT2D eigenvalue weighted by atomic mass is 9.90. The first kappa shape index (κ1) is 16.8. The molecule has 2 aromatic rings. The fourth-order valence-corrected chi connectivity index (χ4v) is 3.87. The third kappa shape index (κ3) is 3.79. The van der Waals surface area contributed by atoms with Crippen LogP contribution in [-0.2, 0) is 16.1 Å². The largest absolute Gasteiger partial charge is 0.382 e. The number of piperidine rings is 1. The summed E-state index contributed by atoms with van der Waals surface area (Å²) in [6, 6.07) is 20.7. The number of amides is 1.